The Balaban J connectivity index is 1.65. The molecule has 1 aromatic rings. The number of ether oxygens (including phenoxy) is 1. The van der Waals surface area contributed by atoms with E-state index in [1.807, 2.05) is 24.3 Å². The first-order valence-electron chi connectivity index (χ1n) is 8.43. The van der Waals surface area contributed by atoms with E-state index in [0.29, 0.717) is 10.8 Å². The smallest absolute Gasteiger partial charge is 0.307 e. The molecule has 1 saturated carbocycles. The van der Waals surface area contributed by atoms with Crippen LogP contribution >= 0.6 is 23.4 Å². The molecule has 0 radical (unpaired) electrons. The molecule has 1 aromatic carbocycles. The van der Waals surface area contributed by atoms with Crippen molar-refractivity contribution in [2.75, 3.05) is 5.75 Å². The third-order valence-electron chi connectivity index (χ3n) is 4.02. The second-order valence-corrected chi connectivity index (χ2v) is 7.63. The standard InChI is InChI=1S/C18H24ClNO3S/c1-13(18(22)20-15-5-3-2-4-6-15)23-17(21)11-12-24-16-9-7-14(19)8-10-16/h7-10,13,15H,2-6,11-12H2,1H3,(H,20,22). The Morgan fingerprint density at radius 2 is 1.92 bits per heavy atom. The summed E-state index contributed by atoms with van der Waals surface area (Å²) < 4.78 is 5.23. The second-order valence-electron chi connectivity index (χ2n) is 6.03. The maximum atomic E-state index is 12.1. The minimum Gasteiger partial charge on any atom is -0.453 e. The van der Waals surface area contributed by atoms with E-state index in [-0.39, 0.29) is 24.3 Å². The first kappa shape index (κ1) is 19.1. The molecule has 6 heteroatoms. The predicted molar refractivity (Wildman–Crippen MR) is 97.4 cm³/mol. The molecule has 1 amide bonds. The van der Waals surface area contributed by atoms with Crippen LogP contribution in [0.2, 0.25) is 5.02 Å². The Hall–Kier alpha value is -1.20. The number of rotatable bonds is 7. The topological polar surface area (TPSA) is 55.4 Å². The minimum atomic E-state index is -0.736. The summed E-state index contributed by atoms with van der Waals surface area (Å²) in [6.45, 7) is 1.63. The van der Waals surface area contributed by atoms with Crippen molar-refractivity contribution in [3.8, 4) is 0 Å². The quantitative estimate of drug-likeness (QED) is 0.578. The van der Waals surface area contributed by atoms with Crippen molar-refractivity contribution in [1.29, 1.82) is 0 Å². The summed E-state index contributed by atoms with van der Waals surface area (Å²) in [4.78, 5) is 25.0. The number of nitrogens with one attached hydrogen (secondary N) is 1. The number of benzene rings is 1. The van der Waals surface area contributed by atoms with Gasteiger partial charge in [0.25, 0.3) is 5.91 Å². The summed E-state index contributed by atoms with van der Waals surface area (Å²) in [6, 6.07) is 7.70. The lowest BCUT2D eigenvalue weighted by Crippen LogP contribution is -2.42. The van der Waals surface area contributed by atoms with Crippen LogP contribution in [0.15, 0.2) is 29.2 Å². The number of carbonyl (C=O) groups excluding carboxylic acids is 2. The van der Waals surface area contributed by atoms with E-state index in [4.69, 9.17) is 16.3 Å². The lowest BCUT2D eigenvalue weighted by Gasteiger charge is -2.24. The summed E-state index contributed by atoms with van der Waals surface area (Å²) >= 11 is 7.39. The highest BCUT2D eigenvalue weighted by atomic mass is 35.5. The van der Waals surface area contributed by atoms with Gasteiger partial charge in [0.1, 0.15) is 0 Å². The highest BCUT2D eigenvalue weighted by Crippen LogP contribution is 2.21. The van der Waals surface area contributed by atoms with Gasteiger partial charge in [-0.15, -0.1) is 11.8 Å². The zero-order chi connectivity index (χ0) is 17.4. The largest absolute Gasteiger partial charge is 0.453 e. The fourth-order valence-corrected chi connectivity index (χ4v) is 3.62. The molecule has 24 heavy (non-hydrogen) atoms. The van der Waals surface area contributed by atoms with Crippen molar-refractivity contribution < 1.29 is 14.3 Å². The third-order valence-corrected chi connectivity index (χ3v) is 5.28. The number of hydrogen-bond acceptors (Lipinski definition) is 4. The summed E-state index contributed by atoms with van der Waals surface area (Å²) in [7, 11) is 0. The molecule has 0 aromatic heterocycles. The van der Waals surface area contributed by atoms with Gasteiger partial charge in [-0.25, -0.2) is 0 Å². The van der Waals surface area contributed by atoms with Crippen molar-refractivity contribution in [1.82, 2.24) is 5.32 Å². The van der Waals surface area contributed by atoms with Crippen LogP contribution in [0, 0.1) is 0 Å². The van der Waals surface area contributed by atoms with Crippen molar-refractivity contribution >= 4 is 35.2 Å². The van der Waals surface area contributed by atoms with Gasteiger partial charge in [-0.05, 0) is 44.0 Å². The van der Waals surface area contributed by atoms with Crippen LogP contribution in [0.3, 0.4) is 0 Å². The molecule has 0 spiro atoms. The second kappa shape index (κ2) is 9.94. The fourth-order valence-electron chi connectivity index (χ4n) is 2.66. The highest BCUT2D eigenvalue weighted by molar-refractivity contribution is 7.99. The first-order chi connectivity index (χ1) is 11.5. The maximum Gasteiger partial charge on any atom is 0.307 e. The Morgan fingerprint density at radius 1 is 1.25 bits per heavy atom. The molecule has 4 nitrogen and oxygen atoms in total. The molecule has 1 fully saturated rings. The van der Waals surface area contributed by atoms with E-state index in [0.717, 1.165) is 30.6 Å². The molecule has 0 heterocycles. The van der Waals surface area contributed by atoms with Crippen LogP contribution < -0.4 is 5.32 Å². The molecule has 132 valence electrons. The van der Waals surface area contributed by atoms with Gasteiger partial charge in [0.05, 0.1) is 6.42 Å². The van der Waals surface area contributed by atoms with E-state index in [9.17, 15) is 9.59 Å². The van der Waals surface area contributed by atoms with Crippen LogP contribution in [0.4, 0.5) is 0 Å². The molecule has 0 saturated heterocycles. The van der Waals surface area contributed by atoms with Gasteiger partial charge in [0, 0.05) is 21.7 Å². The summed E-state index contributed by atoms with van der Waals surface area (Å²) in [6.07, 6.45) is 5.12. The molecule has 0 bridgehead atoms. The van der Waals surface area contributed by atoms with Crippen LogP contribution in [0.1, 0.15) is 45.4 Å². The van der Waals surface area contributed by atoms with Crippen LogP contribution in [0.25, 0.3) is 0 Å². The van der Waals surface area contributed by atoms with Gasteiger partial charge >= 0.3 is 5.97 Å². The maximum absolute atomic E-state index is 12.1. The molecule has 1 N–H and O–H groups in total. The molecular formula is C18H24ClNO3S. The van der Waals surface area contributed by atoms with Gasteiger partial charge in [0.2, 0.25) is 0 Å². The number of amides is 1. The minimum absolute atomic E-state index is 0.194. The van der Waals surface area contributed by atoms with Crippen molar-refractivity contribution in [3.05, 3.63) is 29.3 Å². The van der Waals surface area contributed by atoms with Crippen molar-refractivity contribution in [2.45, 2.75) is 62.5 Å². The Kier molecular flexibility index (Phi) is 7.92. The monoisotopic (exact) mass is 369 g/mol. The molecule has 0 aliphatic heterocycles. The average molecular weight is 370 g/mol. The molecular weight excluding hydrogens is 346 g/mol. The normalized spacial score (nSPS) is 16.4. The molecule has 1 unspecified atom stereocenters. The summed E-state index contributed by atoms with van der Waals surface area (Å²) in [5.74, 6) is 0.0700. The van der Waals surface area contributed by atoms with E-state index in [2.05, 4.69) is 5.32 Å². The van der Waals surface area contributed by atoms with E-state index < -0.39 is 6.10 Å². The van der Waals surface area contributed by atoms with Crippen LogP contribution in [0.5, 0.6) is 0 Å². The zero-order valence-corrected chi connectivity index (χ0v) is 15.5. The SMILES string of the molecule is CC(OC(=O)CCSc1ccc(Cl)cc1)C(=O)NC1CCCCC1. The molecule has 2 rings (SSSR count). The van der Waals surface area contributed by atoms with Crippen molar-refractivity contribution in [3.63, 3.8) is 0 Å². The van der Waals surface area contributed by atoms with Gasteiger partial charge in [-0.1, -0.05) is 30.9 Å². The van der Waals surface area contributed by atoms with Crippen molar-refractivity contribution in [2.24, 2.45) is 0 Å². The van der Waals surface area contributed by atoms with Gasteiger partial charge in [-0.2, -0.15) is 0 Å². The lowest BCUT2D eigenvalue weighted by atomic mass is 9.95. The molecule has 1 aliphatic rings. The number of hydrogen-bond donors (Lipinski definition) is 1. The molecule has 1 atom stereocenters. The number of esters is 1. The van der Waals surface area contributed by atoms with E-state index in [1.165, 1.54) is 6.42 Å². The number of carbonyl (C=O) groups is 2. The van der Waals surface area contributed by atoms with Crippen LogP contribution in [-0.4, -0.2) is 29.8 Å². The van der Waals surface area contributed by atoms with Gasteiger partial charge in [-0.3, -0.25) is 9.59 Å². The Morgan fingerprint density at radius 3 is 2.58 bits per heavy atom. The van der Waals surface area contributed by atoms with Gasteiger partial charge in [0.15, 0.2) is 6.10 Å². The van der Waals surface area contributed by atoms with Crippen LogP contribution in [-0.2, 0) is 14.3 Å². The third kappa shape index (κ3) is 6.73. The first-order valence-corrected chi connectivity index (χ1v) is 9.79. The predicted octanol–water partition coefficient (Wildman–Crippen LogP) is 4.20. The summed E-state index contributed by atoms with van der Waals surface area (Å²) in [5.41, 5.74) is 0. The highest BCUT2D eigenvalue weighted by Gasteiger charge is 2.22. The lowest BCUT2D eigenvalue weighted by molar-refractivity contribution is -0.154. The molecule has 1 aliphatic carbocycles. The fraction of sp³-hybridized carbons (Fsp3) is 0.556. The number of halogens is 1. The zero-order valence-electron chi connectivity index (χ0n) is 13.9. The Labute approximate surface area is 152 Å². The summed E-state index contributed by atoms with van der Waals surface area (Å²) in [5, 5.41) is 3.67. The van der Waals surface area contributed by atoms with E-state index >= 15 is 0 Å². The van der Waals surface area contributed by atoms with E-state index in [1.54, 1.807) is 18.7 Å². The average Bonchev–Trinajstić information content (AvgIpc) is 2.57. The van der Waals surface area contributed by atoms with Gasteiger partial charge < -0.3 is 10.1 Å². The Bertz CT molecular complexity index is 544. The number of thioether (sulfide) groups is 1.